The number of halogens is 2. The molecule has 0 spiro atoms. The Morgan fingerprint density at radius 2 is 1.66 bits per heavy atom. The van der Waals surface area contributed by atoms with Gasteiger partial charge in [0.05, 0.1) is 11.9 Å². The van der Waals surface area contributed by atoms with Gasteiger partial charge in [0.1, 0.15) is 6.04 Å². The number of benzene rings is 2. The quantitative estimate of drug-likeness (QED) is 0.631. The van der Waals surface area contributed by atoms with E-state index in [2.05, 4.69) is 37.4 Å². The van der Waals surface area contributed by atoms with Crippen molar-refractivity contribution in [3.63, 3.8) is 0 Å². The summed E-state index contributed by atoms with van der Waals surface area (Å²) in [6.07, 6.45) is 2.80. The van der Waals surface area contributed by atoms with Gasteiger partial charge in [-0.1, -0.05) is 55.2 Å². The Morgan fingerprint density at radius 1 is 1.03 bits per heavy atom. The van der Waals surface area contributed by atoms with Crippen molar-refractivity contribution in [3.05, 3.63) is 63.1 Å². The van der Waals surface area contributed by atoms with Gasteiger partial charge in [0, 0.05) is 16.6 Å². The van der Waals surface area contributed by atoms with E-state index in [1.54, 1.807) is 0 Å². The smallest absolute Gasteiger partial charge is 0.243 e. The normalized spacial score (nSPS) is 12.5. The van der Waals surface area contributed by atoms with Gasteiger partial charge in [0.15, 0.2) is 0 Å². The number of aryl methyl sites for hydroxylation is 2. The van der Waals surface area contributed by atoms with Crippen LogP contribution in [-0.2, 0) is 34.2 Å². The molecular formula is C21H26Cl2N2O3S. The lowest BCUT2D eigenvalue weighted by molar-refractivity contribution is -0.122. The van der Waals surface area contributed by atoms with E-state index in [0.29, 0.717) is 6.54 Å². The zero-order chi connectivity index (χ0) is 21.8. The Hall–Kier alpha value is -1.76. The molecule has 158 valence electrons. The summed E-state index contributed by atoms with van der Waals surface area (Å²) < 4.78 is 25.9. The third-order valence-electron chi connectivity index (χ3n) is 4.70. The first kappa shape index (κ1) is 23.5. The molecule has 29 heavy (non-hydrogen) atoms. The van der Waals surface area contributed by atoms with Crippen molar-refractivity contribution in [1.29, 1.82) is 0 Å². The first-order chi connectivity index (χ1) is 13.6. The standard InChI is InChI=1S/C21H26Cl2N2O3S/c1-5-15-7-8-16(6-2)17(9-15)13-24-21(26)14(3)25(29(4,27)28)20-11-18(22)10-19(23)12-20/h7-12,14H,5-6,13H2,1-4H3,(H,24,26)/t14-/m0/s1. The Balaban J connectivity index is 2.26. The van der Waals surface area contributed by atoms with Gasteiger partial charge in [-0.25, -0.2) is 8.42 Å². The molecule has 2 aromatic rings. The molecule has 0 aliphatic heterocycles. The number of hydrogen-bond acceptors (Lipinski definition) is 3. The van der Waals surface area contributed by atoms with Crippen LogP contribution in [0.1, 0.15) is 37.5 Å². The second kappa shape index (κ2) is 9.83. The molecule has 0 aromatic heterocycles. The Morgan fingerprint density at radius 3 is 2.17 bits per heavy atom. The average molecular weight is 457 g/mol. The second-order valence-corrected chi connectivity index (χ2v) is 9.62. The summed E-state index contributed by atoms with van der Waals surface area (Å²) >= 11 is 12.1. The van der Waals surface area contributed by atoms with E-state index < -0.39 is 22.0 Å². The van der Waals surface area contributed by atoms with Gasteiger partial charge < -0.3 is 5.32 Å². The molecule has 1 N–H and O–H groups in total. The minimum Gasteiger partial charge on any atom is -0.350 e. The fourth-order valence-electron chi connectivity index (χ4n) is 3.21. The van der Waals surface area contributed by atoms with Gasteiger partial charge in [-0.05, 0) is 54.7 Å². The maximum absolute atomic E-state index is 12.8. The zero-order valence-electron chi connectivity index (χ0n) is 17.0. The first-order valence-corrected chi connectivity index (χ1v) is 12.0. The lowest BCUT2D eigenvalue weighted by atomic mass is 10.0. The van der Waals surface area contributed by atoms with E-state index in [9.17, 15) is 13.2 Å². The predicted molar refractivity (Wildman–Crippen MR) is 120 cm³/mol. The van der Waals surface area contributed by atoms with E-state index in [0.717, 1.165) is 34.5 Å². The van der Waals surface area contributed by atoms with E-state index in [4.69, 9.17) is 23.2 Å². The summed E-state index contributed by atoms with van der Waals surface area (Å²) in [4.78, 5) is 12.8. The van der Waals surface area contributed by atoms with Crippen molar-refractivity contribution in [3.8, 4) is 0 Å². The zero-order valence-corrected chi connectivity index (χ0v) is 19.3. The van der Waals surface area contributed by atoms with Gasteiger partial charge in [0.25, 0.3) is 0 Å². The third kappa shape index (κ3) is 6.11. The lowest BCUT2D eigenvalue weighted by Gasteiger charge is -2.28. The summed E-state index contributed by atoms with van der Waals surface area (Å²) in [7, 11) is -3.75. The number of carbonyl (C=O) groups is 1. The highest BCUT2D eigenvalue weighted by Crippen LogP contribution is 2.28. The number of nitrogens with one attached hydrogen (secondary N) is 1. The van der Waals surface area contributed by atoms with Gasteiger partial charge in [-0.2, -0.15) is 0 Å². The van der Waals surface area contributed by atoms with Crippen molar-refractivity contribution in [2.24, 2.45) is 0 Å². The molecule has 5 nitrogen and oxygen atoms in total. The summed E-state index contributed by atoms with van der Waals surface area (Å²) in [6.45, 7) is 6.00. The van der Waals surface area contributed by atoms with Crippen LogP contribution in [-0.4, -0.2) is 26.6 Å². The van der Waals surface area contributed by atoms with Crippen molar-refractivity contribution in [1.82, 2.24) is 5.32 Å². The van der Waals surface area contributed by atoms with Crippen LogP contribution in [0.3, 0.4) is 0 Å². The molecule has 0 saturated carbocycles. The molecule has 0 aliphatic rings. The number of nitrogens with zero attached hydrogens (tertiary/aromatic N) is 1. The van der Waals surface area contributed by atoms with Crippen molar-refractivity contribution < 1.29 is 13.2 Å². The highest BCUT2D eigenvalue weighted by molar-refractivity contribution is 7.92. The fraction of sp³-hybridized carbons (Fsp3) is 0.381. The van der Waals surface area contributed by atoms with Crippen LogP contribution >= 0.6 is 23.2 Å². The molecule has 0 saturated heterocycles. The molecule has 0 radical (unpaired) electrons. The van der Waals surface area contributed by atoms with E-state index in [1.807, 2.05) is 0 Å². The molecule has 0 aliphatic carbocycles. The molecule has 1 atom stereocenters. The Bertz CT molecular complexity index is 973. The number of carbonyl (C=O) groups excluding carboxylic acids is 1. The van der Waals surface area contributed by atoms with Crippen LogP contribution in [0.25, 0.3) is 0 Å². The van der Waals surface area contributed by atoms with Crippen molar-refractivity contribution >= 4 is 44.8 Å². The lowest BCUT2D eigenvalue weighted by Crippen LogP contribution is -2.47. The van der Waals surface area contributed by atoms with Crippen LogP contribution in [0.4, 0.5) is 5.69 Å². The second-order valence-electron chi connectivity index (χ2n) is 6.89. The number of amides is 1. The summed E-state index contributed by atoms with van der Waals surface area (Å²) in [5.74, 6) is -0.407. The number of sulfonamides is 1. The molecule has 0 unspecified atom stereocenters. The minimum absolute atomic E-state index is 0.245. The number of rotatable bonds is 8. The van der Waals surface area contributed by atoms with Gasteiger partial charge >= 0.3 is 0 Å². The van der Waals surface area contributed by atoms with E-state index in [-0.39, 0.29) is 15.7 Å². The highest BCUT2D eigenvalue weighted by atomic mass is 35.5. The van der Waals surface area contributed by atoms with Crippen LogP contribution in [0, 0.1) is 0 Å². The fourth-order valence-corrected chi connectivity index (χ4v) is 4.89. The van der Waals surface area contributed by atoms with Gasteiger partial charge in [-0.15, -0.1) is 0 Å². The Labute approximate surface area is 183 Å². The molecule has 8 heteroatoms. The topological polar surface area (TPSA) is 66.5 Å². The Kier molecular flexibility index (Phi) is 7.97. The number of hydrogen-bond donors (Lipinski definition) is 1. The molecule has 2 aromatic carbocycles. The average Bonchev–Trinajstić information content (AvgIpc) is 2.63. The molecule has 0 fully saturated rings. The van der Waals surface area contributed by atoms with Gasteiger partial charge in [0.2, 0.25) is 15.9 Å². The monoisotopic (exact) mass is 456 g/mol. The van der Waals surface area contributed by atoms with Crippen LogP contribution < -0.4 is 9.62 Å². The van der Waals surface area contributed by atoms with Gasteiger partial charge in [-0.3, -0.25) is 9.10 Å². The summed E-state index contributed by atoms with van der Waals surface area (Å²) in [6, 6.07) is 9.70. The largest absolute Gasteiger partial charge is 0.350 e. The molecule has 0 bridgehead atoms. The maximum atomic E-state index is 12.8. The van der Waals surface area contributed by atoms with Crippen LogP contribution in [0.15, 0.2) is 36.4 Å². The molecule has 0 heterocycles. The maximum Gasteiger partial charge on any atom is 0.243 e. The van der Waals surface area contributed by atoms with Crippen molar-refractivity contribution in [2.45, 2.75) is 46.2 Å². The molecule has 2 rings (SSSR count). The molecule has 1 amide bonds. The number of anilines is 1. The third-order valence-corrected chi connectivity index (χ3v) is 6.38. The van der Waals surface area contributed by atoms with E-state index >= 15 is 0 Å². The molecular weight excluding hydrogens is 431 g/mol. The SMILES string of the molecule is CCc1ccc(CC)c(CNC(=O)[C@H](C)N(c2cc(Cl)cc(Cl)c2)S(C)(=O)=O)c1. The van der Waals surface area contributed by atoms with Crippen LogP contribution in [0.5, 0.6) is 0 Å². The highest BCUT2D eigenvalue weighted by Gasteiger charge is 2.29. The summed E-state index contributed by atoms with van der Waals surface area (Å²) in [5, 5.41) is 3.44. The van der Waals surface area contributed by atoms with Crippen LogP contribution in [0.2, 0.25) is 10.0 Å². The minimum atomic E-state index is -3.75. The van der Waals surface area contributed by atoms with Crippen molar-refractivity contribution in [2.75, 3.05) is 10.6 Å². The van der Waals surface area contributed by atoms with E-state index in [1.165, 1.54) is 30.7 Å². The summed E-state index contributed by atoms with van der Waals surface area (Å²) in [5.41, 5.74) is 3.61. The predicted octanol–water partition coefficient (Wildman–Crippen LogP) is 4.59. The first-order valence-electron chi connectivity index (χ1n) is 9.40.